The van der Waals surface area contributed by atoms with Crippen molar-refractivity contribution in [3.63, 3.8) is 0 Å². The minimum absolute atomic E-state index is 0.0109. The Morgan fingerprint density at radius 3 is 2.51 bits per heavy atom. The largest absolute Gasteiger partial charge is 0.478 e. The van der Waals surface area contributed by atoms with Crippen LogP contribution in [0, 0.1) is 0 Å². The lowest BCUT2D eigenvalue weighted by molar-refractivity contribution is -0.137. The maximum atomic E-state index is 13.2. The van der Waals surface area contributed by atoms with Gasteiger partial charge in [0.2, 0.25) is 5.88 Å². The number of nitrogens with two attached hydrogens (primary N) is 1. The monoisotopic (exact) mass is 560 g/mol. The first-order chi connectivity index (χ1) is 18.5. The van der Waals surface area contributed by atoms with Crippen LogP contribution in [-0.4, -0.2) is 54.0 Å². The quantitative estimate of drug-likeness (QED) is 0.403. The molecule has 206 valence electrons. The number of benzene rings is 2. The van der Waals surface area contributed by atoms with Crippen LogP contribution in [0.3, 0.4) is 0 Å². The molecular formula is C28H28ClF3N4O3. The van der Waals surface area contributed by atoms with Gasteiger partial charge in [0.25, 0.3) is 11.8 Å². The van der Waals surface area contributed by atoms with Crippen LogP contribution in [0.5, 0.6) is 5.88 Å². The average Bonchev–Trinajstić information content (AvgIpc) is 2.92. The molecule has 0 aliphatic carbocycles. The number of hydrogen-bond donors (Lipinski definition) is 1. The minimum Gasteiger partial charge on any atom is -0.478 e. The number of carbonyl (C=O) groups is 2. The highest BCUT2D eigenvalue weighted by molar-refractivity contribution is 6.33. The van der Waals surface area contributed by atoms with Gasteiger partial charge < -0.3 is 20.3 Å². The van der Waals surface area contributed by atoms with E-state index in [0.717, 1.165) is 29.3 Å². The first-order valence-electron chi connectivity index (χ1n) is 12.5. The second-order valence-electron chi connectivity index (χ2n) is 9.08. The van der Waals surface area contributed by atoms with Gasteiger partial charge in [-0.05, 0) is 61.4 Å². The maximum Gasteiger partial charge on any atom is 0.416 e. The lowest BCUT2D eigenvalue weighted by Gasteiger charge is -2.43. The van der Waals surface area contributed by atoms with Crippen LogP contribution < -0.4 is 15.4 Å². The molecule has 2 aromatic carbocycles. The van der Waals surface area contributed by atoms with Gasteiger partial charge in [0, 0.05) is 43.1 Å². The van der Waals surface area contributed by atoms with Crippen LogP contribution in [0.25, 0.3) is 11.1 Å². The number of alkyl halides is 3. The van der Waals surface area contributed by atoms with Crippen LogP contribution in [0.1, 0.15) is 46.5 Å². The van der Waals surface area contributed by atoms with Gasteiger partial charge in [0.1, 0.15) is 0 Å². The highest BCUT2D eigenvalue weighted by Crippen LogP contribution is 2.35. The van der Waals surface area contributed by atoms with E-state index in [4.69, 9.17) is 22.1 Å². The maximum absolute atomic E-state index is 13.2. The molecule has 7 nitrogen and oxygen atoms in total. The second kappa shape index (κ2) is 11.5. The van der Waals surface area contributed by atoms with Crippen molar-refractivity contribution in [1.82, 2.24) is 9.88 Å². The summed E-state index contributed by atoms with van der Waals surface area (Å²) in [6.07, 6.45) is -2.29. The molecule has 1 aliphatic rings. The SMILES string of the molecule is CCOc1ncccc1-c1ccc(N2CCN(C(=O)c3ccc(C(F)(F)F)cc3Cl)C[C@H]2CC)c(C(N)=O)c1. The Kier molecular flexibility index (Phi) is 8.34. The number of primary amides is 1. The van der Waals surface area contributed by atoms with Gasteiger partial charge in [0.05, 0.1) is 28.3 Å². The number of hydrogen-bond acceptors (Lipinski definition) is 5. The van der Waals surface area contributed by atoms with E-state index in [1.54, 1.807) is 23.2 Å². The third kappa shape index (κ3) is 5.95. The molecule has 4 rings (SSSR count). The summed E-state index contributed by atoms with van der Waals surface area (Å²) in [5.74, 6) is -0.598. The molecule has 0 unspecified atom stereocenters. The number of aromatic nitrogens is 1. The third-order valence-electron chi connectivity index (χ3n) is 6.70. The van der Waals surface area contributed by atoms with Crippen LogP contribution in [0.15, 0.2) is 54.7 Å². The molecule has 1 atom stereocenters. The van der Waals surface area contributed by atoms with Crippen molar-refractivity contribution in [2.45, 2.75) is 32.5 Å². The average molecular weight is 561 g/mol. The number of halogens is 4. The van der Waals surface area contributed by atoms with Crippen LogP contribution in [0.2, 0.25) is 5.02 Å². The fourth-order valence-corrected chi connectivity index (χ4v) is 5.02. The van der Waals surface area contributed by atoms with E-state index < -0.39 is 23.6 Å². The first kappa shape index (κ1) is 28.2. The molecule has 1 fully saturated rings. The molecule has 2 heterocycles. The van der Waals surface area contributed by atoms with Crippen LogP contribution in [-0.2, 0) is 6.18 Å². The smallest absolute Gasteiger partial charge is 0.416 e. The van der Waals surface area contributed by atoms with Crippen molar-refractivity contribution in [3.05, 3.63) is 76.4 Å². The fraction of sp³-hybridized carbons (Fsp3) is 0.321. The van der Waals surface area contributed by atoms with Gasteiger partial charge in [0.15, 0.2) is 0 Å². The summed E-state index contributed by atoms with van der Waals surface area (Å²) in [5, 5.41) is -0.251. The molecule has 1 aliphatic heterocycles. The van der Waals surface area contributed by atoms with Gasteiger partial charge in [-0.1, -0.05) is 24.6 Å². The normalized spacial score (nSPS) is 15.8. The van der Waals surface area contributed by atoms with E-state index in [0.29, 0.717) is 43.2 Å². The Hall–Kier alpha value is -3.79. The van der Waals surface area contributed by atoms with Gasteiger partial charge in [-0.3, -0.25) is 9.59 Å². The lowest BCUT2D eigenvalue weighted by Crippen LogP contribution is -2.55. The van der Waals surface area contributed by atoms with Crippen molar-refractivity contribution in [2.24, 2.45) is 5.73 Å². The zero-order valence-electron chi connectivity index (χ0n) is 21.5. The predicted molar refractivity (Wildman–Crippen MR) is 143 cm³/mol. The van der Waals surface area contributed by atoms with Crippen LogP contribution in [0.4, 0.5) is 18.9 Å². The molecule has 11 heteroatoms. The molecule has 1 aromatic heterocycles. The van der Waals surface area contributed by atoms with E-state index in [1.807, 2.05) is 36.9 Å². The highest BCUT2D eigenvalue weighted by atomic mass is 35.5. The molecule has 3 aromatic rings. The zero-order chi connectivity index (χ0) is 28.3. The number of nitrogens with zero attached hydrogens (tertiary/aromatic N) is 3. The summed E-state index contributed by atoms with van der Waals surface area (Å²) in [7, 11) is 0. The van der Waals surface area contributed by atoms with Crippen LogP contribution >= 0.6 is 11.6 Å². The first-order valence-corrected chi connectivity index (χ1v) is 12.9. The van der Waals surface area contributed by atoms with Crippen molar-refractivity contribution < 1.29 is 27.5 Å². The fourth-order valence-electron chi connectivity index (χ4n) is 4.76. The summed E-state index contributed by atoms with van der Waals surface area (Å²) < 4.78 is 44.7. The van der Waals surface area contributed by atoms with Crippen molar-refractivity contribution in [2.75, 3.05) is 31.1 Å². The lowest BCUT2D eigenvalue weighted by atomic mass is 9.99. The molecule has 0 radical (unpaired) electrons. The Labute approximate surface area is 229 Å². The molecule has 2 N–H and O–H groups in total. The highest BCUT2D eigenvalue weighted by Gasteiger charge is 2.34. The number of rotatable bonds is 7. The Bertz CT molecular complexity index is 1380. The molecule has 39 heavy (non-hydrogen) atoms. The van der Waals surface area contributed by atoms with Gasteiger partial charge in [-0.2, -0.15) is 13.2 Å². The number of amides is 2. The molecule has 1 saturated heterocycles. The standard InChI is InChI=1S/C28H28ClF3N4O3/c1-3-19-16-35(27(38)21-9-8-18(15-23(21)29)28(30,31)32)12-13-36(19)24-10-7-17(14-22(24)25(33)37)20-6-5-11-34-26(20)39-4-2/h5-11,14-15,19H,3-4,12-13,16H2,1-2H3,(H2,33,37)/t19-/m1/s1. The summed E-state index contributed by atoms with van der Waals surface area (Å²) in [4.78, 5) is 33.6. The van der Waals surface area contributed by atoms with E-state index >= 15 is 0 Å². The molecule has 0 spiro atoms. The van der Waals surface area contributed by atoms with Crippen molar-refractivity contribution >= 4 is 29.1 Å². The van der Waals surface area contributed by atoms with E-state index in [1.165, 1.54) is 0 Å². The Morgan fingerprint density at radius 1 is 1.10 bits per heavy atom. The molecule has 2 amide bonds. The number of pyridine rings is 1. The Balaban J connectivity index is 1.60. The van der Waals surface area contributed by atoms with E-state index in [-0.39, 0.29) is 23.2 Å². The topological polar surface area (TPSA) is 88.8 Å². The summed E-state index contributed by atoms with van der Waals surface area (Å²) >= 11 is 6.07. The number of ether oxygens (including phenoxy) is 1. The van der Waals surface area contributed by atoms with Crippen molar-refractivity contribution in [1.29, 1.82) is 0 Å². The number of anilines is 1. The second-order valence-corrected chi connectivity index (χ2v) is 9.49. The number of piperazine rings is 1. The molecular weight excluding hydrogens is 533 g/mol. The van der Waals surface area contributed by atoms with E-state index in [9.17, 15) is 22.8 Å². The third-order valence-corrected chi connectivity index (χ3v) is 7.02. The predicted octanol–water partition coefficient (Wildman–Crippen LogP) is 5.66. The molecule has 0 saturated carbocycles. The minimum atomic E-state index is -4.56. The van der Waals surface area contributed by atoms with E-state index in [2.05, 4.69) is 4.98 Å². The zero-order valence-corrected chi connectivity index (χ0v) is 22.2. The molecule has 0 bridgehead atoms. The summed E-state index contributed by atoms with van der Waals surface area (Å²) in [6, 6.07) is 11.6. The summed E-state index contributed by atoms with van der Waals surface area (Å²) in [6.45, 7) is 5.21. The van der Waals surface area contributed by atoms with Gasteiger partial charge in [-0.25, -0.2) is 4.98 Å². The Morgan fingerprint density at radius 2 is 1.87 bits per heavy atom. The van der Waals surface area contributed by atoms with Crippen molar-refractivity contribution in [3.8, 4) is 17.0 Å². The van der Waals surface area contributed by atoms with Gasteiger partial charge in [-0.15, -0.1) is 0 Å². The van der Waals surface area contributed by atoms with Gasteiger partial charge >= 0.3 is 6.18 Å². The summed E-state index contributed by atoms with van der Waals surface area (Å²) in [5.41, 5.74) is 7.30. The number of carbonyl (C=O) groups excluding carboxylic acids is 2.